The molecule has 0 N–H and O–H groups in total. The van der Waals surface area contributed by atoms with Crippen LogP contribution < -0.4 is 0 Å². The molecule has 0 heterocycles. The Hall–Kier alpha value is -2.11. The largest absolute Gasteiger partial charge is 0.384 e. The number of hydrogen-bond acceptors (Lipinski definition) is 2. The van der Waals surface area contributed by atoms with E-state index in [4.69, 9.17) is 10.00 Å². The quantitative estimate of drug-likeness (QED) is 0.783. The van der Waals surface area contributed by atoms with Gasteiger partial charge in [-0.3, -0.25) is 0 Å². The monoisotopic (exact) mass is 305 g/mol. The molecule has 2 aromatic carbocycles. The third kappa shape index (κ3) is 3.81. The van der Waals surface area contributed by atoms with Gasteiger partial charge in [-0.15, -0.1) is 0 Å². The Bertz CT molecular complexity index is 658. The number of nitriles is 1. The lowest BCUT2D eigenvalue weighted by atomic mass is 9.79. The lowest BCUT2D eigenvalue weighted by Gasteiger charge is -2.28. The van der Waals surface area contributed by atoms with Crippen LogP contribution in [0.25, 0.3) is 11.1 Å². The van der Waals surface area contributed by atoms with Gasteiger partial charge in [-0.25, -0.2) is 0 Å². The van der Waals surface area contributed by atoms with Gasteiger partial charge in [0.2, 0.25) is 0 Å². The SMILES string of the molecule is COC[C@H]1CC[C@H](c2ccc(-c3ccc(C#N)cc3)cc2)CC1. The molecule has 0 aliphatic heterocycles. The minimum atomic E-state index is 0.693. The molecule has 0 saturated heterocycles. The standard InChI is InChI=1S/C21H23NO/c1-23-15-17-4-8-19(9-5-17)21-12-10-20(11-13-21)18-6-2-16(14-22)3-7-18/h2-3,6-7,10-13,17,19H,4-5,8-9,15H2,1H3/t17-,19-. The molecule has 3 rings (SSSR count). The summed E-state index contributed by atoms with van der Waals surface area (Å²) in [6, 6.07) is 18.9. The highest BCUT2D eigenvalue weighted by Gasteiger charge is 2.22. The first kappa shape index (κ1) is 15.8. The molecule has 2 nitrogen and oxygen atoms in total. The number of nitrogens with zero attached hydrogens (tertiary/aromatic N) is 1. The van der Waals surface area contributed by atoms with Crippen LogP contribution in [-0.2, 0) is 4.74 Å². The first-order chi connectivity index (χ1) is 11.3. The number of ether oxygens (including phenoxy) is 1. The predicted molar refractivity (Wildman–Crippen MR) is 93.2 cm³/mol. The Balaban J connectivity index is 1.66. The fraction of sp³-hybridized carbons (Fsp3) is 0.381. The lowest BCUT2D eigenvalue weighted by Crippen LogP contribution is -2.17. The summed E-state index contributed by atoms with van der Waals surface area (Å²) in [6.45, 7) is 0.907. The summed E-state index contributed by atoms with van der Waals surface area (Å²) in [4.78, 5) is 0. The average molecular weight is 305 g/mol. The van der Waals surface area contributed by atoms with Gasteiger partial charge < -0.3 is 4.74 Å². The van der Waals surface area contributed by atoms with Gasteiger partial charge in [0.1, 0.15) is 0 Å². The lowest BCUT2D eigenvalue weighted by molar-refractivity contribution is 0.127. The van der Waals surface area contributed by atoms with Crippen LogP contribution >= 0.6 is 0 Å². The van der Waals surface area contributed by atoms with Gasteiger partial charge in [-0.05, 0) is 66.3 Å². The van der Waals surface area contributed by atoms with Crippen LogP contribution in [0.3, 0.4) is 0 Å². The third-order valence-corrected chi connectivity index (χ3v) is 4.98. The number of hydrogen-bond donors (Lipinski definition) is 0. The molecule has 0 spiro atoms. The van der Waals surface area contributed by atoms with Crippen molar-refractivity contribution in [2.75, 3.05) is 13.7 Å². The zero-order valence-electron chi connectivity index (χ0n) is 13.7. The van der Waals surface area contributed by atoms with Gasteiger partial charge in [-0.2, -0.15) is 5.26 Å². The van der Waals surface area contributed by atoms with E-state index in [2.05, 4.69) is 30.3 Å². The van der Waals surface area contributed by atoms with Crippen LogP contribution in [-0.4, -0.2) is 13.7 Å². The molecule has 118 valence electrons. The Kier molecular flexibility index (Phi) is 5.10. The van der Waals surface area contributed by atoms with Crippen LogP contribution in [0.4, 0.5) is 0 Å². The van der Waals surface area contributed by atoms with Crippen molar-refractivity contribution in [1.82, 2.24) is 0 Å². The molecule has 1 aliphatic rings. The van der Waals surface area contributed by atoms with Crippen molar-refractivity contribution in [3.05, 3.63) is 59.7 Å². The first-order valence-corrected chi connectivity index (χ1v) is 8.39. The van der Waals surface area contributed by atoms with Crippen LogP contribution in [0.2, 0.25) is 0 Å². The van der Waals surface area contributed by atoms with Crippen molar-refractivity contribution in [2.24, 2.45) is 5.92 Å². The molecule has 0 atom stereocenters. The summed E-state index contributed by atoms with van der Waals surface area (Å²) < 4.78 is 5.28. The molecule has 2 heteroatoms. The average Bonchev–Trinajstić information content (AvgIpc) is 2.63. The fourth-order valence-electron chi connectivity index (χ4n) is 3.58. The van der Waals surface area contributed by atoms with E-state index < -0.39 is 0 Å². The van der Waals surface area contributed by atoms with Gasteiger partial charge in [0, 0.05) is 13.7 Å². The second-order valence-electron chi connectivity index (χ2n) is 6.48. The van der Waals surface area contributed by atoms with Gasteiger partial charge in [0.15, 0.2) is 0 Å². The van der Waals surface area contributed by atoms with Crippen molar-refractivity contribution in [3.63, 3.8) is 0 Å². The van der Waals surface area contributed by atoms with E-state index in [9.17, 15) is 0 Å². The van der Waals surface area contributed by atoms with Crippen LogP contribution in [0.5, 0.6) is 0 Å². The summed E-state index contributed by atoms with van der Waals surface area (Å²) in [6.07, 6.45) is 5.08. The maximum absolute atomic E-state index is 8.87. The van der Waals surface area contributed by atoms with Crippen molar-refractivity contribution in [2.45, 2.75) is 31.6 Å². The van der Waals surface area contributed by atoms with E-state index in [1.165, 1.54) is 42.4 Å². The Labute approximate surface area is 138 Å². The van der Waals surface area contributed by atoms with E-state index in [-0.39, 0.29) is 0 Å². The first-order valence-electron chi connectivity index (χ1n) is 8.39. The summed E-state index contributed by atoms with van der Waals surface area (Å²) in [7, 11) is 1.80. The zero-order chi connectivity index (χ0) is 16.1. The van der Waals surface area contributed by atoms with Gasteiger partial charge in [0.25, 0.3) is 0 Å². The minimum absolute atomic E-state index is 0.693. The molecule has 0 bridgehead atoms. The second-order valence-corrected chi connectivity index (χ2v) is 6.48. The van der Waals surface area contributed by atoms with E-state index in [0.29, 0.717) is 11.5 Å². The molecule has 0 radical (unpaired) electrons. The summed E-state index contributed by atoms with van der Waals surface area (Å²) in [5, 5.41) is 8.87. The van der Waals surface area contributed by atoms with Gasteiger partial charge in [-0.1, -0.05) is 36.4 Å². The van der Waals surface area contributed by atoms with Crippen molar-refractivity contribution < 1.29 is 4.74 Å². The summed E-state index contributed by atoms with van der Waals surface area (Å²) in [5.41, 5.74) is 4.54. The van der Waals surface area contributed by atoms with Crippen molar-refractivity contribution in [3.8, 4) is 17.2 Å². The maximum Gasteiger partial charge on any atom is 0.0991 e. The van der Waals surface area contributed by atoms with Crippen molar-refractivity contribution >= 4 is 0 Å². The molecule has 1 saturated carbocycles. The number of rotatable bonds is 4. The van der Waals surface area contributed by atoms with Crippen LogP contribution in [0, 0.1) is 17.2 Å². The van der Waals surface area contributed by atoms with Crippen LogP contribution in [0.15, 0.2) is 48.5 Å². The summed E-state index contributed by atoms with van der Waals surface area (Å²) >= 11 is 0. The molecular weight excluding hydrogens is 282 g/mol. The number of methoxy groups -OCH3 is 1. The maximum atomic E-state index is 8.87. The Morgan fingerprint density at radius 2 is 1.48 bits per heavy atom. The fourth-order valence-corrected chi connectivity index (χ4v) is 3.58. The van der Waals surface area contributed by atoms with E-state index in [0.717, 1.165) is 12.5 Å². The molecule has 23 heavy (non-hydrogen) atoms. The normalized spacial score (nSPS) is 20.9. The highest BCUT2D eigenvalue weighted by atomic mass is 16.5. The third-order valence-electron chi connectivity index (χ3n) is 4.98. The molecule has 0 aromatic heterocycles. The number of benzene rings is 2. The molecule has 2 aromatic rings. The van der Waals surface area contributed by atoms with E-state index in [1.807, 2.05) is 24.3 Å². The second kappa shape index (κ2) is 7.44. The zero-order valence-corrected chi connectivity index (χ0v) is 13.7. The molecular formula is C21H23NO. The Morgan fingerprint density at radius 1 is 0.913 bits per heavy atom. The topological polar surface area (TPSA) is 33.0 Å². The highest BCUT2D eigenvalue weighted by Crippen LogP contribution is 2.36. The highest BCUT2D eigenvalue weighted by molar-refractivity contribution is 5.64. The smallest absolute Gasteiger partial charge is 0.0991 e. The van der Waals surface area contributed by atoms with Gasteiger partial charge in [0.05, 0.1) is 11.6 Å². The molecule has 0 unspecified atom stereocenters. The van der Waals surface area contributed by atoms with Crippen molar-refractivity contribution in [1.29, 1.82) is 5.26 Å². The Morgan fingerprint density at radius 3 is 2.00 bits per heavy atom. The van der Waals surface area contributed by atoms with Crippen LogP contribution in [0.1, 0.15) is 42.7 Å². The minimum Gasteiger partial charge on any atom is -0.384 e. The van der Waals surface area contributed by atoms with Gasteiger partial charge >= 0.3 is 0 Å². The molecule has 0 amide bonds. The molecule has 1 fully saturated rings. The van der Waals surface area contributed by atoms with E-state index in [1.54, 1.807) is 7.11 Å². The molecule has 1 aliphatic carbocycles. The summed E-state index contributed by atoms with van der Waals surface area (Å²) in [5.74, 6) is 1.44. The predicted octanol–water partition coefficient (Wildman–Crippen LogP) is 5.15. The van der Waals surface area contributed by atoms with E-state index >= 15 is 0 Å².